The SMILES string of the molecule is COc1ccc(CN2CCN([C@H](C)C(=O)N[C@@H](C)c3ccc(F)cc3)CC2)cc1F. The number of hydrogen-bond acceptors (Lipinski definition) is 4. The summed E-state index contributed by atoms with van der Waals surface area (Å²) in [5.74, 6) is -0.439. The molecule has 1 N–H and O–H groups in total. The molecule has 1 aliphatic heterocycles. The molecule has 1 saturated heterocycles. The average Bonchev–Trinajstić information content (AvgIpc) is 2.74. The van der Waals surface area contributed by atoms with Crippen molar-refractivity contribution in [2.45, 2.75) is 32.5 Å². The highest BCUT2D eigenvalue weighted by Gasteiger charge is 2.26. The molecule has 0 spiro atoms. The number of benzene rings is 2. The van der Waals surface area contributed by atoms with Crippen LogP contribution in [0.2, 0.25) is 0 Å². The lowest BCUT2D eigenvalue weighted by atomic mass is 10.1. The fourth-order valence-corrected chi connectivity index (χ4v) is 3.71. The molecular weight excluding hydrogens is 388 g/mol. The molecule has 0 saturated carbocycles. The Labute approximate surface area is 176 Å². The summed E-state index contributed by atoms with van der Waals surface area (Å²) in [5, 5.41) is 3.01. The first-order valence-corrected chi connectivity index (χ1v) is 10.2. The Hall–Kier alpha value is -2.51. The standard InChI is InChI=1S/C23H29F2N3O2/c1-16(19-5-7-20(24)8-6-19)26-23(29)17(2)28-12-10-27(11-13-28)15-18-4-9-22(30-3)21(25)14-18/h4-9,14,16-17H,10-13,15H2,1-3H3,(H,26,29)/t16-,17+/m0/s1. The summed E-state index contributed by atoms with van der Waals surface area (Å²) < 4.78 is 31.9. The van der Waals surface area contributed by atoms with E-state index >= 15 is 0 Å². The van der Waals surface area contributed by atoms with E-state index in [0.29, 0.717) is 6.54 Å². The van der Waals surface area contributed by atoms with Gasteiger partial charge in [-0.3, -0.25) is 14.6 Å². The van der Waals surface area contributed by atoms with E-state index in [4.69, 9.17) is 4.74 Å². The summed E-state index contributed by atoms with van der Waals surface area (Å²) in [4.78, 5) is 17.1. The second-order valence-corrected chi connectivity index (χ2v) is 7.74. The molecule has 1 fully saturated rings. The number of amides is 1. The maximum absolute atomic E-state index is 13.9. The highest BCUT2D eigenvalue weighted by atomic mass is 19.1. The van der Waals surface area contributed by atoms with Gasteiger partial charge in [0.15, 0.2) is 11.6 Å². The van der Waals surface area contributed by atoms with Gasteiger partial charge in [0.1, 0.15) is 5.82 Å². The number of rotatable bonds is 7. The van der Waals surface area contributed by atoms with Crippen molar-refractivity contribution in [1.82, 2.24) is 15.1 Å². The zero-order valence-corrected chi connectivity index (χ0v) is 17.7. The fraction of sp³-hybridized carbons (Fsp3) is 0.435. The first-order chi connectivity index (χ1) is 14.4. The van der Waals surface area contributed by atoms with Crippen LogP contribution in [0.25, 0.3) is 0 Å². The van der Waals surface area contributed by atoms with E-state index in [2.05, 4.69) is 15.1 Å². The number of carbonyl (C=O) groups excluding carboxylic acids is 1. The van der Waals surface area contributed by atoms with Gasteiger partial charge in [-0.1, -0.05) is 18.2 Å². The summed E-state index contributed by atoms with van der Waals surface area (Å²) in [6, 6.07) is 10.8. The second-order valence-electron chi connectivity index (χ2n) is 7.74. The summed E-state index contributed by atoms with van der Waals surface area (Å²) in [5.41, 5.74) is 1.77. The maximum atomic E-state index is 13.9. The highest BCUT2D eigenvalue weighted by Crippen LogP contribution is 2.20. The molecule has 1 amide bonds. The molecule has 0 bridgehead atoms. The Bertz CT molecular complexity index is 852. The van der Waals surface area contributed by atoms with Crippen LogP contribution in [-0.2, 0) is 11.3 Å². The molecule has 1 heterocycles. The van der Waals surface area contributed by atoms with Crippen LogP contribution >= 0.6 is 0 Å². The van der Waals surface area contributed by atoms with Gasteiger partial charge >= 0.3 is 0 Å². The number of methoxy groups -OCH3 is 1. The quantitative estimate of drug-likeness (QED) is 0.751. The molecular formula is C23H29F2N3O2. The Morgan fingerprint density at radius 2 is 1.73 bits per heavy atom. The largest absolute Gasteiger partial charge is 0.494 e. The van der Waals surface area contributed by atoms with Crippen molar-refractivity contribution >= 4 is 5.91 Å². The minimum absolute atomic E-state index is 0.0440. The van der Waals surface area contributed by atoms with Crippen LogP contribution in [0.15, 0.2) is 42.5 Å². The molecule has 2 atom stereocenters. The van der Waals surface area contributed by atoms with Crippen LogP contribution in [0.3, 0.4) is 0 Å². The average molecular weight is 418 g/mol. The van der Waals surface area contributed by atoms with Gasteiger partial charge in [-0.25, -0.2) is 8.78 Å². The number of hydrogen-bond donors (Lipinski definition) is 1. The molecule has 0 aromatic heterocycles. The van der Waals surface area contributed by atoms with E-state index in [-0.39, 0.29) is 35.4 Å². The van der Waals surface area contributed by atoms with E-state index < -0.39 is 0 Å². The molecule has 2 aromatic carbocycles. The Balaban J connectivity index is 1.48. The van der Waals surface area contributed by atoms with Crippen molar-refractivity contribution in [3.05, 3.63) is 65.2 Å². The van der Waals surface area contributed by atoms with Gasteiger partial charge in [0, 0.05) is 32.7 Å². The third-order valence-electron chi connectivity index (χ3n) is 5.69. The zero-order valence-electron chi connectivity index (χ0n) is 17.7. The molecule has 7 heteroatoms. The lowest BCUT2D eigenvalue weighted by Gasteiger charge is -2.37. The van der Waals surface area contributed by atoms with Crippen LogP contribution in [-0.4, -0.2) is 55.0 Å². The first kappa shape index (κ1) is 22.2. The maximum Gasteiger partial charge on any atom is 0.237 e. The van der Waals surface area contributed by atoms with E-state index in [0.717, 1.165) is 37.3 Å². The fourth-order valence-electron chi connectivity index (χ4n) is 3.71. The topological polar surface area (TPSA) is 44.8 Å². The zero-order chi connectivity index (χ0) is 21.7. The Kier molecular flexibility index (Phi) is 7.39. The summed E-state index contributed by atoms with van der Waals surface area (Å²) in [6.07, 6.45) is 0. The Morgan fingerprint density at radius 3 is 2.33 bits per heavy atom. The number of halogens is 2. The molecule has 1 aliphatic rings. The predicted octanol–water partition coefficient (Wildman–Crippen LogP) is 3.36. The number of piperazine rings is 1. The van der Waals surface area contributed by atoms with Gasteiger partial charge in [-0.05, 0) is 49.2 Å². The van der Waals surface area contributed by atoms with Crippen molar-refractivity contribution in [3.8, 4) is 5.75 Å². The normalized spacial score (nSPS) is 17.4. The van der Waals surface area contributed by atoms with Gasteiger partial charge in [0.2, 0.25) is 5.91 Å². The monoisotopic (exact) mass is 417 g/mol. The van der Waals surface area contributed by atoms with Gasteiger partial charge in [-0.15, -0.1) is 0 Å². The highest BCUT2D eigenvalue weighted by molar-refractivity contribution is 5.81. The lowest BCUT2D eigenvalue weighted by molar-refractivity contribution is -0.127. The van der Waals surface area contributed by atoms with E-state index in [9.17, 15) is 13.6 Å². The minimum atomic E-state index is -0.353. The third kappa shape index (κ3) is 5.55. The smallest absolute Gasteiger partial charge is 0.237 e. The van der Waals surface area contributed by atoms with Crippen LogP contribution in [0, 0.1) is 11.6 Å². The number of carbonyl (C=O) groups is 1. The van der Waals surface area contributed by atoms with Crippen LogP contribution in [0.1, 0.15) is 31.0 Å². The lowest BCUT2D eigenvalue weighted by Crippen LogP contribution is -2.53. The molecule has 2 aromatic rings. The van der Waals surface area contributed by atoms with E-state index in [1.54, 1.807) is 18.2 Å². The van der Waals surface area contributed by atoms with E-state index in [1.807, 2.05) is 19.9 Å². The molecule has 30 heavy (non-hydrogen) atoms. The van der Waals surface area contributed by atoms with Gasteiger partial charge in [-0.2, -0.15) is 0 Å². The van der Waals surface area contributed by atoms with Crippen molar-refractivity contribution in [2.24, 2.45) is 0 Å². The van der Waals surface area contributed by atoms with Crippen molar-refractivity contribution < 1.29 is 18.3 Å². The second kappa shape index (κ2) is 10.00. The summed E-state index contributed by atoms with van der Waals surface area (Å²) in [7, 11) is 1.45. The van der Waals surface area contributed by atoms with Gasteiger partial charge in [0.25, 0.3) is 0 Å². The van der Waals surface area contributed by atoms with Crippen molar-refractivity contribution in [2.75, 3.05) is 33.3 Å². The van der Waals surface area contributed by atoms with Crippen LogP contribution in [0.5, 0.6) is 5.75 Å². The Morgan fingerprint density at radius 1 is 1.07 bits per heavy atom. The number of nitrogens with one attached hydrogen (secondary N) is 1. The van der Waals surface area contributed by atoms with Gasteiger partial charge < -0.3 is 10.1 Å². The minimum Gasteiger partial charge on any atom is -0.494 e. The number of nitrogens with zero attached hydrogens (tertiary/aromatic N) is 2. The summed E-state index contributed by atoms with van der Waals surface area (Å²) >= 11 is 0. The van der Waals surface area contributed by atoms with Crippen molar-refractivity contribution in [1.29, 1.82) is 0 Å². The predicted molar refractivity (Wildman–Crippen MR) is 112 cm³/mol. The molecule has 162 valence electrons. The summed E-state index contributed by atoms with van der Waals surface area (Å²) in [6.45, 7) is 7.59. The molecule has 5 nitrogen and oxygen atoms in total. The van der Waals surface area contributed by atoms with E-state index in [1.165, 1.54) is 25.3 Å². The molecule has 0 unspecified atom stereocenters. The van der Waals surface area contributed by atoms with Crippen LogP contribution < -0.4 is 10.1 Å². The van der Waals surface area contributed by atoms with Crippen LogP contribution in [0.4, 0.5) is 8.78 Å². The first-order valence-electron chi connectivity index (χ1n) is 10.2. The van der Waals surface area contributed by atoms with Crippen molar-refractivity contribution in [3.63, 3.8) is 0 Å². The molecule has 3 rings (SSSR count). The van der Waals surface area contributed by atoms with Gasteiger partial charge in [0.05, 0.1) is 19.2 Å². The number of ether oxygens (including phenoxy) is 1. The third-order valence-corrected chi connectivity index (χ3v) is 5.69. The molecule has 0 radical (unpaired) electrons. The molecule has 0 aliphatic carbocycles.